The first-order valence-electron chi connectivity index (χ1n) is 7.37. The van der Waals surface area contributed by atoms with E-state index in [1.54, 1.807) is 29.1 Å². The van der Waals surface area contributed by atoms with Crippen molar-refractivity contribution in [3.05, 3.63) is 79.9 Å². The molecule has 4 rings (SSSR count). The summed E-state index contributed by atoms with van der Waals surface area (Å²) in [6.45, 7) is 0.846. The molecule has 1 aromatic carbocycles. The minimum Gasteiger partial charge on any atom is -0.334 e. The molecule has 0 atom stereocenters. The van der Waals surface area contributed by atoms with Crippen LogP contribution < -0.4 is 19.8 Å². The number of fused-ring (bicyclic) bond motifs is 1. The van der Waals surface area contributed by atoms with Gasteiger partial charge in [0.05, 0.1) is 4.53 Å². The number of rotatable bonds is 2. The largest absolute Gasteiger partial charge is 0.334 e. The number of hydrogen-bond acceptors (Lipinski definition) is 5. The Bertz CT molecular complexity index is 1040. The van der Waals surface area contributed by atoms with Gasteiger partial charge >= 0.3 is 0 Å². The highest BCUT2D eigenvalue weighted by Crippen LogP contribution is 2.16. The second-order valence-electron chi connectivity index (χ2n) is 5.37. The van der Waals surface area contributed by atoms with Crippen molar-refractivity contribution in [1.29, 1.82) is 0 Å². The second kappa shape index (κ2) is 6.01. The van der Waals surface area contributed by atoms with E-state index in [1.807, 2.05) is 23.1 Å². The van der Waals surface area contributed by atoms with Crippen LogP contribution in [-0.2, 0) is 6.67 Å². The number of nitrogens with zero attached hydrogens (tertiary/aromatic N) is 4. The van der Waals surface area contributed by atoms with Crippen LogP contribution in [0.25, 0.3) is 6.08 Å². The van der Waals surface area contributed by atoms with E-state index in [1.165, 1.54) is 23.5 Å². The third-order valence-corrected chi connectivity index (χ3v) is 4.80. The maximum atomic E-state index is 13.1. The molecule has 3 heterocycles. The van der Waals surface area contributed by atoms with Crippen LogP contribution in [0.3, 0.4) is 0 Å². The Balaban J connectivity index is 1.71. The molecule has 3 aromatic rings. The predicted octanol–water partition coefficient (Wildman–Crippen LogP) is 1.33. The number of hydrogen-bond donors (Lipinski definition) is 0. The van der Waals surface area contributed by atoms with E-state index in [-0.39, 0.29) is 11.4 Å². The van der Waals surface area contributed by atoms with Gasteiger partial charge < -0.3 is 4.90 Å². The zero-order valence-corrected chi connectivity index (χ0v) is 13.4. The lowest BCUT2D eigenvalue weighted by Crippen LogP contribution is -2.42. The van der Waals surface area contributed by atoms with Crippen molar-refractivity contribution in [1.82, 2.24) is 9.55 Å². The Morgan fingerprint density at radius 2 is 2.04 bits per heavy atom. The van der Waals surface area contributed by atoms with Gasteiger partial charge in [-0.1, -0.05) is 17.4 Å². The summed E-state index contributed by atoms with van der Waals surface area (Å²) in [5.74, 6) is -0.283. The van der Waals surface area contributed by atoms with Crippen molar-refractivity contribution >= 4 is 23.1 Å². The molecule has 1 aliphatic heterocycles. The van der Waals surface area contributed by atoms with Crippen LogP contribution in [0, 0.1) is 5.82 Å². The van der Waals surface area contributed by atoms with Gasteiger partial charge in [0.2, 0.25) is 0 Å². The average Bonchev–Trinajstić information content (AvgIpc) is 2.92. The number of halogens is 1. The number of benzene rings is 1. The minimum absolute atomic E-state index is 0.0746. The molecular weight excluding hydrogens is 327 g/mol. The van der Waals surface area contributed by atoms with Crippen molar-refractivity contribution in [2.24, 2.45) is 4.99 Å². The molecule has 0 radical (unpaired) electrons. The van der Waals surface area contributed by atoms with Gasteiger partial charge in [-0.2, -0.15) is 0 Å². The molecule has 1 aliphatic rings. The van der Waals surface area contributed by atoms with Crippen LogP contribution >= 0.6 is 11.3 Å². The molecule has 0 saturated heterocycles. The molecule has 0 aliphatic carbocycles. The lowest BCUT2D eigenvalue weighted by molar-refractivity contribution is 0.568. The summed E-state index contributed by atoms with van der Waals surface area (Å²) in [5.41, 5.74) is 1.64. The van der Waals surface area contributed by atoms with E-state index in [0.717, 1.165) is 11.3 Å². The maximum Gasteiger partial charge on any atom is 0.271 e. The molecule has 0 amide bonds. The number of anilines is 1. The van der Waals surface area contributed by atoms with Crippen LogP contribution in [0.4, 0.5) is 10.1 Å². The molecule has 0 bridgehead atoms. The molecule has 0 saturated carbocycles. The normalized spacial score (nSPS) is 14.4. The number of aromatic nitrogens is 2. The molecular formula is C17H13FN4OS. The third kappa shape index (κ3) is 2.74. The summed E-state index contributed by atoms with van der Waals surface area (Å²) >= 11 is 1.37. The first kappa shape index (κ1) is 14.8. The Kier molecular flexibility index (Phi) is 3.70. The zero-order valence-electron chi connectivity index (χ0n) is 12.6. The quantitative estimate of drug-likeness (QED) is 0.707. The number of thiazole rings is 1. The monoisotopic (exact) mass is 340 g/mol. The summed E-state index contributed by atoms with van der Waals surface area (Å²) in [5, 5.41) is 0. The summed E-state index contributed by atoms with van der Waals surface area (Å²) in [6.07, 6.45) is 5.23. The highest BCUT2D eigenvalue weighted by Gasteiger charge is 2.15. The van der Waals surface area contributed by atoms with Gasteiger partial charge in [0, 0.05) is 18.1 Å². The zero-order chi connectivity index (χ0) is 16.5. The standard InChI is InChI=1S/C17H13FN4OS/c18-13-3-5-14(6-4-13)21-10-20-17-22(11-21)16(23)15(24-17)8-12-2-1-7-19-9-12/h1-9H,10-11H2/b15-8-. The van der Waals surface area contributed by atoms with Gasteiger partial charge in [0.15, 0.2) is 4.80 Å². The molecule has 7 heteroatoms. The minimum atomic E-state index is -0.283. The summed E-state index contributed by atoms with van der Waals surface area (Å²) in [4.78, 5) is 23.8. The van der Waals surface area contributed by atoms with Gasteiger partial charge in [-0.25, -0.2) is 9.38 Å². The Labute approximate surface area is 140 Å². The lowest BCUT2D eigenvalue weighted by Gasteiger charge is -2.25. The highest BCUT2D eigenvalue weighted by molar-refractivity contribution is 7.07. The molecule has 2 aromatic heterocycles. The van der Waals surface area contributed by atoms with E-state index in [4.69, 9.17) is 0 Å². The Morgan fingerprint density at radius 1 is 1.21 bits per heavy atom. The molecule has 0 spiro atoms. The lowest BCUT2D eigenvalue weighted by atomic mass is 10.3. The first-order chi connectivity index (χ1) is 11.7. The second-order valence-corrected chi connectivity index (χ2v) is 6.38. The van der Waals surface area contributed by atoms with Crippen LogP contribution in [0.15, 0.2) is 58.6 Å². The number of pyridine rings is 1. The predicted molar refractivity (Wildman–Crippen MR) is 90.9 cm³/mol. The first-order valence-corrected chi connectivity index (χ1v) is 8.19. The average molecular weight is 340 g/mol. The van der Waals surface area contributed by atoms with Crippen LogP contribution in [-0.4, -0.2) is 16.2 Å². The van der Waals surface area contributed by atoms with Gasteiger partial charge in [-0.15, -0.1) is 0 Å². The van der Waals surface area contributed by atoms with Crippen LogP contribution in [0.5, 0.6) is 0 Å². The van der Waals surface area contributed by atoms with Crippen molar-refractivity contribution < 1.29 is 4.39 Å². The van der Waals surface area contributed by atoms with Gasteiger partial charge in [-0.05, 0) is 42.0 Å². The molecule has 5 nitrogen and oxygen atoms in total. The van der Waals surface area contributed by atoms with Crippen molar-refractivity contribution in [2.45, 2.75) is 6.67 Å². The van der Waals surface area contributed by atoms with Crippen LogP contribution in [0.2, 0.25) is 0 Å². The van der Waals surface area contributed by atoms with Gasteiger partial charge in [-0.3, -0.25) is 14.3 Å². The Hall–Kier alpha value is -2.80. The van der Waals surface area contributed by atoms with Crippen LogP contribution in [0.1, 0.15) is 5.56 Å². The van der Waals surface area contributed by atoms with E-state index in [2.05, 4.69) is 9.98 Å². The van der Waals surface area contributed by atoms with E-state index >= 15 is 0 Å². The van der Waals surface area contributed by atoms with E-state index < -0.39 is 0 Å². The molecule has 24 heavy (non-hydrogen) atoms. The topological polar surface area (TPSA) is 50.5 Å². The molecule has 120 valence electrons. The fourth-order valence-corrected chi connectivity index (χ4v) is 3.50. The van der Waals surface area contributed by atoms with Crippen molar-refractivity contribution in [2.75, 3.05) is 11.6 Å². The van der Waals surface area contributed by atoms with Crippen molar-refractivity contribution in [3.63, 3.8) is 0 Å². The SMILES string of the molecule is O=c1/c(=C/c2cccnc2)sc2n1CN(c1ccc(F)cc1)CN=2. The maximum absolute atomic E-state index is 13.1. The summed E-state index contributed by atoms with van der Waals surface area (Å²) in [6, 6.07) is 9.92. The van der Waals surface area contributed by atoms with E-state index in [0.29, 0.717) is 22.7 Å². The Morgan fingerprint density at radius 3 is 2.79 bits per heavy atom. The highest BCUT2D eigenvalue weighted by atomic mass is 32.1. The van der Waals surface area contributed by atoms with Gasteiger partial charge in [0.1, 0.15) is 19.2 Å². The third-order valence-electron chi connectivity index (χ3n) is 3.75. The fourth-order valence-electron chi connectivity index (χ4n) is 2.54. The van der Waals surface area contributed by atoms with Crippen molar-refractivity contribution in [3.8, 4) is 0 Å². The summed E-state index contributed by atoms with van der Waals surface area (Å²) in [7, 11) is 0. The van der Waals surface area contributed by atoms with E-state index in [9.17, 15) is 9.18 Å². The molecule has 0 N–H and O–H groups in total. The molecule has 0 fully saturated rings. The fraction of sp³-hybridized carbons (Fsp3) is 0.118. The van der Waals surface area contributed by atoms with Gasteiger partial charge in [0.25, 0.3) is 5.56 Å². The smallest absolute Gasteiger partial charge is 0.271 e. The summed E-state index contributed by atoms with van der Waals surface area (Å²) < 4.78 is 15.3. The molecule has 0 unspecified atom stereocenters.